The molecule has 0 saturated heterocycles. The average molecular weight is 160 g/mol. The molecule has 0 spiro atoms. The Labute approximate surface area is 70.5 Å². The fourth-order valence-corrected chi connectivity index (χ4v) is 1.23. The van der Waals surface area contributed by atoms with Crippen molar-refractivity contribution >= 4 is 23.5 Å². The summed E-state index contributed by atoms with van der Waals surface area (Å²) in [5.41, 5.74) is 1.00. The SMILES string of the molecule is [S-]c1cnc2ccccc2c1. The molecule has 0 aliphatic carbocycles. The first-order valence-electron chi connectivity index (χ1n) is 3.38. The van der Waals surface area contributed by atoms with Crippen LogP contribution >= 0.6 is 0 Å². The van der Waals surface area contributed by atoms with E-state index in [1.54, 1.807) is 6.20 Å². The van der Waals surface area contributed by atoms with Crippen molar-refractivity contribution in [2.24, 2.45) is 0 Å². The van der Waals surface area contributed by atoms with Crippen molar-refractivity contribution in [3.05, 3.63) is 36.5 Å². The maximum Gasteiger partial charge on any atom is 0.0700 e. The minimum absolute atomic E-state index is 0.795. The summed E-state index contributed by atoms with van der Waals surface area (Å²) >= 11 is 4.98. The van der Waals surface area contributed by atoms with Crippen LogP contribution in [0.2, 0.25) is 0 Å². The van der Waals surface area contributed by atoms with Crippen LogP contribution in [0.1, 0.15) is 0 Å². The zero-order valence-electron chi connectivity index (χ0n) is 5.82. The van der Waals surface area contributed by atoms with Gasteiger partial charge in [-0.25, -0.2) is 0 Å². The second-order valence-electron chi connectivity index (χ2n) is 2.36. The second-order valence-corrected chi connectivity index (χ2v) is 2.84. The molecule has 54 valence electrons. The van der Waals surface area contributed by atoms with Gasteiger partial charge in [-0.3, -0.25) is 4.98 Å². The third-order valence-corrected chi connectivity index (χ3v) is 1.79. The lowest BCUT2D eigenvalue weighted by atomic mass is 10.2. The maximum absolute atomic E-state index is 4.98. The fraction of sp³-hybridized carbons (Fsp3) is 0. The van der Waals surface area contributed by atoms with Crippen molar-refractivity contribution in [2.45, 2.75) is 4.90 Å². The van der Waals surface area contributed by atoms with Crippen LogP contribution in [0.3, 0.4) is 0 Å². The van der Waals surface area contributed by atoms with Crippen LogP contribution in [-0.2, 0) is 12.6 Å². The van der Waals surface area contributed by atoms with Gasteiger partial charge in [0.2, 0.25) is 0 Å². The summed E-state index contributed by atoms with van der Waals surface area (Å²) in [4.78, 5) is 4.97. The highest BCUT2D eigenvalue weighted by molar-refractivity contribution is 7.58. The quantitative estimate of drug-likeness (QED) is 0.548. The standard InChI is InChI=1S/C9H7NS/c11-8-5-7-3-1-2-4-9(7)10-6-8/h1-6,11H/p-1. The molecular formula is C9H6NS-. The molecule has 0 N–H and O–H groups in total. The molecule has 0 unspecified atom stereocenters. The van der Waals surface area contributed by atoms with Crippen molar-refractivity contribution in [1.29, 1.82) is 0 Å². The van der Waals surface area contributed by atoms with E-state index in [9.17, 15) is 0 Å². The summed E-state index contributed by atoms with van der Waals surface area (Å²) in [5, 5.41) is 1.11. The van der Waals surface area contributed by atoms with E-state index >= 15 is 0 Å². The zero-order chi connectivity index (χ0) is 7.68. The van der Waals surface area contributed by atoms with Crippen molar-refractivity contribution < 1.29 is 0 Å². The molecule has 0 saturated carbocycles. The molecule has 0 atom stereocenters. The highest BCUT2D eigenvalue weighted by Crippen LogP contribution is 2.11. The predicted molar refractivity (Wildman–Crippen MR) is 47.4 cm³/mol. The molecule has 11 heavy (non-hydrogen) atoms. The van der Waals surface area contributed by atoms with Crippen LogP contribution in [0.5, 0.6) is 0 Å². The molecule has 0 aliphatic heterocycles. The van der Waals surface area contributed by atoms with Gasteiger partial charge < -0.3 is 12.6 Å². The van der Waals surface area contributed by atoms with E-state index in [1.807, 2.05) is 30.3 Å². The number of rotatable bonds is 0. The lowest BCUT2D eigenvalue weighted by Crippen LogP contribution is -1.78. The molecule has 0 amide bonds. The smallest absolute Gasteiger partial charge is 0.0700 e. The number of aromatic nitrogens is 1. The molecule has 0 radical (unpaired) electrons. The number of hydrogen-bond acceptors (Lipinski definition) is 2. The molecule has 2 rings (SSSR count). The largest absolute Gasteiger partial charge is 0.778 e. The van der Waals surface area contributed by atoms with Crippen LogP contribution in [0.4, 0.5) is 0 Å². The van der Waals surface area contributed by atoms with Crippen LogP contribution in [0.25, 0.3) is 10.9 Å². The lowest BCUT2D eigenvalue weighted by Gasteiger charge is -2.04. The lowest BCUT2D eigenvalue weighted by molar-refractivity contribution is 1.31. The van der Waals surface area contributed by atoms with Crippen LogP contribution in [0, 0.1) is 0 Å². The molecule has 0 bridgehead atoms. The number of nitrogens with zero attached hydrogens (tertiary/aromatic N) is 1. The Morgan fingerprint density at radius 2 is 2.00 bits per heavy atom. The predicted octanol–water partition coefficient (Wildman–Crippen LogP) is 2.14. The first kappa shape index (κ1) is 6.55. The van der Waals surface area contributed by atoms with E-state index in [1.165, 1.54) is 0 Å². The van der Waals surface area contributed by atoms with E-state index < -0.39 is 0 Å². The Morgan fingerprint density at radius 3 is 2.91 bits per heavy atom. The van der Waals surface area contributed by atoms with Gasteiger partial charge in [0.05, 0.1) is 5.52 Å². The third kappa shape index (κ3) is 1.17. The van der Waals surface area contributed by atoms with E-state index in [0.29, 0.717) is 0 Å². The van der Waals surface area contributed by atoms with Gasteiger partial charge in [0.1, 0.15) is 0 Å². The van der Waals surface area contributed by atoms with Gasteiger partial charge in [0.15, 0.2) is 0 Å². The minimum atomic E-state index is 0.795. The number of fused-ring (bicyclic) bond motifs is 1. The zero-order valence-corrected chi connectivity index (χ0v) is 6.64. The molecule has 2 aromatic rings. The third-order valence-electron chi connectivity index (χ3n) is 1.57. The summed E-state index contributed by atoms with van der Waals surface area (Å²) < 4.78 is 0. The van der Waals surface area contributed by atoms with Gasteiger partial charge >= 0.3 is 0 Å². The normalized spacial score (nSPS) is 10.2. The number of benzene rings is 1. The Bertz CT molecular complexity index is 384. The van der Waals surface area contributed by atoms with Gasteiger partial charge in [0, 0.05) is 6.20 Å². The van der Waals surface area contributed by atoms with Crippen LogP contribution in [-0.4, -0.2) is 4.98 Å². The summed E-state index contributed by atoms with van der Waals surface area (Å²) in [6.07, 6.45) is 1.71. The van der Waals surface area contributed by atoms with Gasteiger partial charge in [-0.1, -0.05) is 24.3 Å². The Hall–Kier alpha value is -1.15. The van der Waals surface area contributed by atoms with Crippen molar-refractivity contribution in [2.75, 3.05) is 0 Å². The molecular weight excluding hydrogens is 154 g/mol. The van der Waals surface area contributed by atoms with Gasteiger partial charge in [-0.2, -0.15) is 4.90 Å². The molecule has 1 aromatic carbocycles. The molecule has 1 aromatic heterocycles. The first-order valence-corrected chi connectivity index (χ1v) is 3.79. The second kappa shape index (κ2) is 2.47. The monoisotopic (exact) mass is 160 g/mol. The number of hydrogen-bond donors (Lipinski definition) is 0. The van der Waals surface area contributed by atoms with E-state index in [0.717, 1.165) is 15.8 Å². The molecule has 1 nitrogen and oxygen atoms in total. The highest BCUT2D eigenvalue weighted by Gasteiger charge is 1.87. The maximum atomic E-state index is 4.98. The Balaban J connectivity index is 2.83. The van der Waals surface area contributed by atoms with E-state index in [-0.39, 0.29) is 0 Å². The summed E-state index contributed by atoms with van der Waals surface area (Å²) in [5.74, 6) is 0. The molecule has 0 fully saturated rings. The Kier molecular flexibility index (Phi) is 1.47. The highest BCUT2D eigenvalue weighted by atomic mass is 32.1. The van der Waals surface area contributed by atoms with Gasteiger partial charge in [-0.05, 0) is 11.5 Å². The minimum Gasteiger partial charge on any atom is -0.778 e. The van der Waals surface area contributed by atoms with Crippen LogP contribution in [0.15, 0.2) is 41.4 Å². The van der Waals surface area contributed by atoms with Crippen molar-refractivity contribution in [3.8, 4) is 0 Å². The number of pyridine rings is 1. The summed E-state index contributed by atoms with van der Waals surface area (Å²) in [7, 11) is 0. The molecule has 1 heterocycles. The van der Waals surface area contributed by atoms with E-state index in [4.69, 9.17) is 12.6 Å². The summed E-state index contributed by atoms with van der Waals surface area (Å²) in [6, 6.07) is 9.90. The van der Waals surface area contributed by atoms with Crippen molar-refractivity contribution in [3.63, 3.8) is 0 Å². The molecule has 0 aliphatic rings. The molecule has 2 heteroatoms. The first-order chi connectivity index (χ1) is 5.36. The van der Waals surface area contributed by atoms with Gasteiger partial charge in [0.25, 0.3) is 0 Å². The summed E-state index contributed by atoms with van der Waals surface area (Å²) in [6.45, 7) is 0. The fourth-order valence-electron chi connectivity index (χ4n) is 1.05. The number of para-hydroxylation sites is 1. The van der Waals surface area contributed by atoms with Gasteiger partial charge in [-0.15, -0.1) is 0 Å². The van der Waals surface area contributed by atoms with E-state index in [2.05, 4.69) is 4.98 Å². The Morgan fingerprint density at radius 1 is 1.18 bits per heavy atom. The average Bonchev–Trinajstić information content (AvgIpc) is 2.04. The van der Waals surface area contributed by atoms with Crippen LogP contribution < -0.4 is 0 Å². The van der Waals surface area contributed by atoms with Crippen molar-refractivity contribution in [1.82, 2.24) is 4.98 Å². The topological polar surface area (TPSA) is 12.9 Å².